The Balaban J connectivity index is 2.03. The van der Waals surface area contributed by atoms with Gasteiger partial charge in [-0.05, 0) is 26.4 Å². The number of nitrogens with one attached hydrogen (secondary N) is 1. The number of hydrogen-bond acceptors (Lipinski definition) is 4. The average molecular weight is 184 g/mol. The van der Waals surface area contributed by atoms with Gasteiger partial charge in [0.15, 0.2) is 0 Å². The van der Waals surface area contributed by atoms with Crippen LogP contribution in [0.1, 0.15) is 13.3 Å². The summed E-state index contributed by atoms with van der Waals surface area (Å²) in [7, 11) is 0. The van der Waals surface area contributed by atoms with Crippen molar-refractivity contribution in [2.75, 3.05) is 32.7 Å². The first-order valence-electron chi connectivity index (χ1n) is 5.24. The molecule has 3 rings (SSSR count). The summed E-state index contributed by atoms with van der Waals surface area (Å²) in [5.41, 5.74) is 2.88. The van der Waals surface area contributed by atoms with Crippen molar-refractivity contribution in [1.29, 1.82) is 0 Å². The van der Waals surface area contributed by atoms with Gasteiger partial charge in [0.1, 0.15) is 0 Å². The van der Waals surface area contributed by atoms with Crippen molar-refractivity contribution in [2.45, 2.75) is 25.4 Å². The molecule has 4 unspecified atom stereocenters. The van der Waals surface area contributed by atoms with E-state index < -0.39 is 0 Å². The molecule has 3 N–H and O–H groups in total. The summed E-state index contributed by atoms with van der Waals surface area (Å²) in [5, 5.41) is 0. The monoisotopic (exact) mass is 184 g/mol. The van der Waals surface area contributed by atoms with Gasteiger partial charge in [0.25, 0.3) is 0 Å². The highest BCUT2D eigenvalue weighted by Gasteiger charge is 2.32. The SMILES string of the molecule is CC(NN)C1CN2CCCN1CC2. The van der Waals surface area contributed by atoms with Gasteiger partial charge >= 0.3 is 0 Å². The lowest BCUT2D eigenvalue weighted by atomic mass is 10.1. The third-order valence-electron chi connectivity index (χ3n) is 3.38. The number of rotatable bonds is 2. The topological polar surface area (TPSA) is 44.5 Å². The van der Waals surface area contributed by atoms with Crippen LogP contribution in [0.2, 0.25) is 0 Å². The molecule has 0 amide bonds. The normalized spacial score (nSPS) is 41.5. The van der Waals surface area contributed by atoms with Crippen LogP contribution in [-0.2, 0) is 0 Å². The van der Waals surface area contributed by atoms with Crippen LogP contribution in [0.25, 0.3) is 0 Å². The summed E-state index contributed by atoms with van der Waals surface area (Å²) in [6.45, 7) is 8.33. The minimum Gasteiger partial charge on any atom is -0.300 e. The first kappa shape index (κ1) is 9.40. The molecule has 0 aromatic rings. The molecule has 3 aliphatic rings. The van der Waals surface area contributed by atoms with Gasteiger partial charge in [0.05, 0.1) is 0 Å². The number of nitrogens with zero attached hydrogens (tertiary/aromatic N) is 2. The predicted octanol–water partition coefficient (Wildman–Crippen LogP) is -0.772. The molecular formula is C9H20N4. The first-order chi connectivity index (χ1) is 6.31. The number of fused-ring (bicyclic) bond motifs is 4. The van der Waals surface area contributed by atoms with E-state index in [1.54, 1.807) is 0 Å². The molecule has 2 bridgehead atoms. The van der Waals surface area contributed by atoms with Crippen molar-refractivity contribution in [1.82, 2.24) is 15.2 Å². The van der Waals surface area contributed by atoms with Crippen LogP contribution >= 0.6 is 0 Å². The van der Waals surface area contributed by atoms with E-state index in [9.17, 15) is 0 Å². The van der Waals surface area contributed by atoms with Crippen LogP contribution in [-0.4, -0.2) is 54.6 Å². The van der Waals surface area contributed by atoms with E-state index in [4.69, 9.17) is 5.84 Å². The lowest BCUT2D eigenvalue weighted by Crippen LogP contribution is -2.58. The third-order valence-corrected chi connectivity index (χ3v) is 3.38. The molecule has 13 heavy (non-hydrogen) atoms. The van der Waals surface area contributed by atoms with Crippen LogP contribution in [0, 0.1) is 0 Å². The minimum atomic E-state index is 0.404. The van der Waals surface area contributed by atoms with E-state index in [-0.39, 0.29) is 0 Å². The summed E-state index contributed by atoms with van der Waals surface area (Å²) in [5.74, 6) is 5.49. The number of hydrazine groups is 1. The van der Waals surface area contributed by atoms with E-state index in [1.165, 1.54) is 39.1 Å². The molecule has 3 aliphatic heterocycles. The summed E-state index contributed by atoms with van der Waals surface area (Å²) in [6, 6.07) is 1.02. The molecule has 4 atom stereocenters. The zero-order valence-corrected chi connectivity index (χ0v) is 8.37. The van der Waals surface area contributed by atoms with Gasteiger partial charge in [-0.1, -0.05) is 0 Å². The molecule has 3 fully saturated rings. The molecule has 4 heteroatoms. The van der Waals surface area contributed by atoms with Crippen molar-refractivity contribution in [3.8, 4) is 0 Å². The Morgan fingerprint density at radius 2 is 2.15 bits per heavy atom. The molecule has 0 radical (unpaired) electrons. The quantitative estimate of drug-likeness (QED) is 0.437. The van der Waals surface area contributed by atoms with Crippen molar-refractivity contribution in [3.05, 3.63) is 0 Å². The van der Waals surface area contributed by atoms with Crippen molar-refractivity contribution < 1.29 is 0 Å². The Kier molecular flexibility index (Phi) is 2.83. The van der Waals surface area contributed by atoms with Gasteiger partial charge in [0.2, 0.25) is 0 Å². The molecule has 3 heterocycles. The molecule has 0 spiro atoms. The van der Waals surface area contributed by atoms with E-state index in [2.05, 4.69) is 22.1 Å². The smallest absolute Gasteiger partial charge is 0.0387 e. The average Bonchev–Trinajstić information content (AvgIpc) is 2.50. The summed E-state index contributed by atoms with van der Waals surface area (Å²) in [4.78, 5) is 5.13. The highest BCUT2D eigenvalue weighted by molar-refractivity contribution is 4.90. The van der Waals surface area contributed by atoms with Gasteiger partial charge in [-0.15, -0.1) is 0 Å². The van der Waals surface area contributed by atoms with Gasteiger partial charge in [-0.25, -0.2) is 0 Å². The van der Waals surface area contributed by atoms with Crippen LogP contribution in [0.3, 0.4) is 0 Å². The molecule has 0 saturated carbocycles. The lowest BCUT2D eigenvalue weighted by molar-refractivity contribution is 0.0915. The Morgan fingerprint density at radius 3 is 2.92 bits per heavy atom. The van der Waals surface area contributed by atoms with Crippen LogP contribution < -0.4 is 11.3 Å². The van der Waals surface area contributed by atoms with Gasteiger partial charge in [-0.3, -0.25) is 16.2 Å². The molecule has 0 aliphatic carbocycles. The number of nitrogens with two attached hydrogens (primary N) is 1. The zero-order valence-electron chi connectivity index (χ0n) is 8.37. The molecule has 76 valence electrons. The van der Waals surface area contributed by atoms with Crippen LogP contribution in [0.5, 0.6) is 0 Å². The maximum atomic E-state index is 5.49. The van der Waals surface area contributed by atoms with Gasteiger partial charge in [0, 0.05) is 31.7 Å². The Hall–Kier alpha value is -0.160. The van der Waals surface area contributed by atoms with Gasteiger partial charge < -0.3 is 4.90 Å². The maximum Gasteiger partial charge on any atom is 0.0387 e. The number of piperazine rings is 1. The second kappa shape index (κ2) is 3.92. The highest BCUT2D eigenvalue weighted by Crippen LogP contribution is 2.17. The third kappa shape index (κ3) is 1.86. The van der Waals surface area contributed by atoms with Crippen molar-refractivity contribution >= 4 is 0 Å². The molecule has 0 aromatic carbocycles. The molecule has 3 saturated heterocycles. The maximum absolute atomic E-state index is 5.49. The fourth-order valence-electron chi connectivity index (χ4n) is 2.47. The van der Waals surface area contributed by atoms with Crippen LogP contribution in [0.4, 0.5) is 0 Å². The fraction of sp³-hybridized carbons (Fsp3) is 1.00. The lowest BCUT2D eigenvalue weighted by Gasteiger charge is -2.40. The highest BCUT2D eigenvalue weighted by atomic mass is 15.3. The predicted molar refractivity (Wildman–Crippen MR) is 53.2 cm³/mol. The van der Waals surface area contributed by atoms with E-state index >= 15 is 0 Å². The first-order valence-corrected chi connectivity index (χ1v) is 5.24. The van der Waals surface area contributed by atoms with Crippen LogP contribution in [0.15, 0.2) is 0 Å². The largest absolute Gasteiger partial charge is 0.300 e. The minimum absolute atomic E-state index is 0.404. The Labute approximate surface area is 80.0 Å². The Morgan fingerprint density at radius 1 is 1.31 bits per heavy atom. The fourth-order valence-corrected chi connectivity index (χ4v) is 2.47. The molecule has 4 nitrogen and oxygen atoms in total. The second-order valence-electron chi connectivity index (χ2n) is 4.21. The summed E-state index contributed by atoms with van der Waals surface area (Å²) < 4.78 is 0. The Bertz CT molecular complexity index is 169. The van der Waals surface area contributed by atoms with Gasteiger partial charge in [-0.2, -0.15) is 0 Å². The standard InChI is InChI=1S/C9H20N4/c1-8(11-10)9-7-12-3-2-4-13(9)6-5-12/h8-9,11H,2-7,10H2,1H3. The van der Waals surface area contributed by atoms with E-state index in [0.717, 1.165) is 0 Å². The van der Waals surface area contributed by atoms with E-state index in [1.807, 2.05) is 0 Å². The second-order valence-corrected chi connectivity index (χ2v) is 4.21. The number of hydrogen-bond donors (Lipinski definition) is 2. The van der Waals surface area contributed by atoms with Crippen molar-refractivity contribution in [2.24, 2.45) is 5.84 Å². The molecular weight excluding hydrogens is 164 g/mol. The summed E-state index contributed by atoms with van der Waals surface area (Å²) in [6.07, 6.45) is 1.31. The zero-order chi connectivity index (χ0) is 9.26. The van der Waals surface area contributed by atoms with E-state index in [0.29, 0.717) is 12.1 Å². The summed E-state index contributed by atoms with van der Waals surface area (Å²) >= 11 is 0. The molecule has 0 aromatic heterocycles. The van der Waals surface area contributed by atoms with Crippen molar-refractivity contribution in [3.63, 3.8) is 0 Å².